The molecule has 2 aliphatic rings. The average molecular weight is 739 g/mol. The maximum Gasteiger partial charge on any atom is 0.0963 e. The first-order chi connectivity index (χ1) is 28.7. The van der Waals surface area contributed by atoms with Gasteiger partial charge in [0, 0.05) is 40.7 Å². The van der Waals surface area contributed by atoms with Crippen molar-refractivity contribution in [3.63, 3.8) is 0 Å². The number of rotatable bonds is 5. The Morgan fingerprint density at radius 2 is 1.17 bits per heavy atom. The molecule has 0 amide bonds. The van der Waals surface area contributed by atoms with Crippen LogP contribution in [0.5, 0.6) is 0 Å². The molecule has 0 aliphatic heterocycles. The van der Waals surface area contributed by atoms with Gasteiger partial charge in [-0.3, -0.25) is 15.0 Å². The Labute approximate surface area is 334 Å². The normalized spacial score (nSPS) is 17.7. The van der Waals surface area contributed by atoms with Crippen molar-refractivity contribution in [1.29, 1.82) is 0 Å². The number of benzene rings is 7. The van der Waals surface area contributed by atoms with E-state index in [0.29, 0.717) is 5.92 Å². The average Bonchev–Trinajstić information content (AvgIpc) is 3.95. The van der Waals surface area contributed by atoms with Gasteiger partial charge in [-0.15, -0.1) is 0 Å². The molecule has 2 aliphatic carbocycles. The summed E-state index contributed by atoms with van der Waals surface area (Å²) in [4.78, 5) is 14.9. The summed E-state index contributed by atoms with van der Waals surface area (Å²) in [5, 5.41) is 11.5. The van der Waals surface area contributed by atoms with E-state index in [0.717, 1.165) is 50.9 Å². The van der Waals surface area contributed by atoms with E-state index in [2.05, 4.69) is 175 Å². The van der Waals surface area contributed by atoms with Gasteiger partial charge in [-0.1, -0.05) is 127 Å². The van der Waals surface area contributed by atoms with Crippen LogP contribution < -0.4 is 0 Å². The zero-order chi connectivity index (χ0) is 38.0. The van der Waals surface area contributed by atoms with E-state index in [4.69, 9.17) is 15.0 Å². The maximum absolute atomic E-state index is 5.08. The van der Waals surface area contributed by atoms with Crippen LogP contribution in [0.4, 0.5) is 0 Å². The molecule has 0 saturated heterocycles. The van der Waals surface area contributed by atoms with E-state index in [9.17, 15) is 0 Å². The molecule has 7 aromatic carbocycles. The number of pyridine rings is 3. The molecule has 4 aromatic heterocycles. The van der Waals surface area contributed by atoms with Crippen molar-refractivity contribution in [3.05, 3.63) is 200 Å². The lowest BCUT2D eigenvalue weighted by Crippen LogP contribution is -2.14. The fourth-order valence-electron chi connectivity index (χ4n) is 10.3. The Morgan fingerprint density at radius 3 is 2.00 bits per heavy atom. The molecule has 2 atom stereocenters. The van der Waals surface area contributed by atoms with Gasteiger partial charge < -0.3 is 4.57 Å². The van der Waals surface area contributed by atoms with Gasteiger partial charge in [0.15, 0.2) is 0 Å². The predicted molar refractivity (Wildman–Crippen MR) is 240 cm³/mol. The van der Waals surface area contributed by atoms with Gasteiger partial charge in [-0.05, 0) is 120 Å². The van der Waals surface area contributed by atoms with Crippen LogP contribution in [-0.4, -0.2) is 19.5 Å². The Hall–Kier alpha value is -7.43. The third kappa shape index (κ3) is 4.48. The monoisotopic (exact) mass is 738 g/mol. The Morgan fingerprint density at radius 1 is 0.500 bits per heavy atom. The molecule has 4 heterocycles. The van der Waals surface area contributed by atoms with Crippen molar-refractivity contribution in [2.45, 2.75) is 11.8 Å². The number of para-hydroxylation sites is 1. The number of allylic oxidation sites excluding steroid dienone is 4. The highest BCUT2D eigenvalue weighted by Crippen LogP contribution is 2.65. The summed E-state index contributed by atoms with van der Waals surface area (Å²) in [6.45, 7) is 0. The van der Waals surface area contributed by atoms with E-state index in [1.54, 1.807) is 0 Å². The molecule has 0 bridgehead atoms. The van der Waals surface area contributed by atoms with Gasteiger partial charge in [0.1, 0.15) is 0 Å². The van der Waals surface area contributed by atoms with Crippen LogP contribution in [0.3, 0.4) is 0 Å². The van der Waals surface area contributed by atoms with Gasteiger partial charge in [0.25, 0.3) is 0 Å². The number of hydrogen-bond acceptors (Lipinski definition) is 3. The lowest BCUT2D eigenvalue weighted by molar-refractivity contribution is 0.832. The molecule has 0 radical (unpaired) electrons. The second kappa shape index (κ2) is 11.8. The summed E-state index contributed by atoms with van der Waals surface area (Å²) in [5.74, 6) is 0.337. The molecule has 1 fully saturated rings. The van der Waals surface area contributed by atoms with Gasteiger partial charge >= 0.3 is 0 Å². The smallest absolute Gasteiger partial charge is 0.0963 e. The second-order valence-corrected chi connectivity index (χ2v) is 16.0. The van der Waals surface area contributed by atoms with Gasteiger partial charge in [-0.25, -0.2) is 0 Å². The summed E-state index contributed by atoms with van der Waals surface area (Å²) in [6, 6.07) is 57.1. The third-order valence-electron chi connectivity index (χ3n) is 13.0. The molecule has 1 saturated carbocycles. The van der Waals surface area contributed by atoms with Crippen LogP contribution in [0.25, 0.3) is 98.8 Å². The van der Waals surface area contributed by atoms with E-state index >= 15 is 0 Å². The Balaban J connectivity index is 0.901. The maximum atomic E-state index is 5.08. The van der Waals surface area contributed by atoms with Crippen molar-refractivity contribution in [2.75, 3.05) is 0 Å². The Kier molecular flexibility index (Phi) is 6.45. The molecule has 270 valence electrons. The zero-order valence-electron chi connectivity index (χ0n) is 31.5. The topological polar surface area (TPSA) is 43.6 Å². The van der Waals surface area contributed by atoms with Crippen molar-refractivity contribution in [3.8, 4) is 22.5 Å². The van der Waals surface area contributed by atoms with Crippen LogP contribution in [0.15, 0.2) is 188 Å². The molecule has 13 rings (SSSR count). The molecule has 4 heteroatoms. The number of aromatic nitrogens is 4. The minimum atomic E-state index is -0.138. The van der Waals surface area contributed by atoms with Crippen LogP contribution in [0.1, 0.15) is 17.5 Å². The summed E-state index contributed by atoms with van der Waals surface area (Å²) in [6.07, 6.45) is 11.9. The standard InChI is InChI=1S/C54H34N4/c1-2-12-41-33(8-1)9-6-14-45(41)54-29-39(58-49-15-4-3-13-43(49)53-50(58)16-7-27-55-53)28-44(46(54)30-54)38-22-26-48(57-32-38)47-25-21-37(31-56-47)40-23-19-36-18-17-34-10-5-11-35-20-24-42(40)52(36)51(34)35/h1-29,31-32,46H,30H2. The molecular weight excluding hydrogens is 705 g/mol. The first-order valence-electron chi connectivity index (χ1n) is 20.1. The van der Waals surface area contributed by atoms with Crippen LogP contribution in [-0.2, 0) is 5.41 Å². The SMILES string of the molecule is C1=C(c2ccc(-c3ccc(-c4ccc5ccc6cccc7ccc4c5c67)cn3)nc2)C2CC2(c2cccc3ccccc23)C=C1n1c2ccccc2c2ncccc21. The molecule has 58 heavy (non-hydrogen) atoms. The lowest BCUT2D eigenvalue weighted by atomic mass is 9.82. The van der Waals surface area contributed by atoms with Gasteiger partial charge in [-0.2, -0.15) is 0 Å². The summed E-state index contributed by atoms with van der Waals surface area (Å²) < 4.78 is 2.41. The fraction of sp³-hybridized carbons (Fsp3) is 0.0556. The van der Waals surface area contributed by atoms with Gasteiger partial charge in [0.2, 0.25) is 0 Å². The molecule has 0 spiro atoms. The number of fused-ring (bicyclic) bond motifs is 5. The summed E-state index contributed by atoms with van der Waals surface area (Å²) in [5.41, 5.74) is 12.2. The number of hydrogen-bond donors (Lipinski definition) is 0. The van der Waals surface area contributed by atoms with Crippen LogP contribution >= 0.6 is 0 Å². The predicted octanol–water partition coefficient (Wildman–Crippen LogP) is 13.3. The molecule has 0 N–H and O–H groups in total. The fourth-order valence-corrected chi connectivity index (χ4v) is 10.3. The third-order valence-corrected chi connectivity index (χ3v) is 13.0. The summed E-state index contributed by atoms with van der Waals surface area (Å²) in [7, 11) is 0. The molecule has 2 unspecified atom stereocenters. The first-order valence-corrected chi connectivity index (χ1v) is 20.1. The van der Waals surface area contributed by atoms with E-state index in [1.165, 1.54) is 65.5 Å². The highest BCUT2D eigenvalue weighted by atomic mass is 15.0. The minimum absolute atomic E-state index is 0.138. The largest absolute Gasteiger partial charge is 0.308 e. The minimum Gasteiger partial charge on any atom is -0.308 e. The second-order valence-electron chi connectivity index (χ2n) is 16.0. The highest BCUT2D eigenvalue weighted by molar-refractivity contribution is 6.25. The summed E-state index contributed by atoms with van der Waals surface area (Å²) >= 11 is 0. The lowest BCUT2D eigenvalue weighted by Gasteiger charge is -2.25. The van der Waals surface area contributed by atoms with Crippen molar-refractivity contribution in [2.24, 2.45) is 5.92 Å². The number of nitrogens with zero attached hydrogens (tertiary/aromatic N) is 4. The van der Waals surface area contributed by atoms with E-state index < -0.39 is 0 Å². The van der Waals surface area contributed by atoms with Crippen LogP contribution in [0.2, 0.25) is 0 Å². The first kappa shape index (κ1) is 31.7. The van der Waals surface area contributed by atoms with Crippen molar-refractivity contribution in [1.82, 2.24) is 19.5 Å². The molecule has 4 nitrogen and oxygen atoms in total. The van der Waals surface area contributed by atoms with Crippen molar-refractivity contribution < 1.29 is 0 Å². The van der Waals surface area contributed by atoms with Gasteiger partial charge in [0.05, 0.1) is 27.9 Å². The van der Waals surface area contributed by atoms with Crippen molar-refractivity contribution >= 4 is 76.3 Å². The Bertz CT molecular complexity index is 3460. The zero-order valence-corrected chi connectivity index (χ0v) is 31.5. The van der Waals surface area contributed by atoms with E-state index in [-0.39, 0.29) is 5.41 Å². The molecular formula is C54H34N4. The van der Waals surface area contributed by atoms with Crippen LogP contribution in [0, 0.1) is 5.92 Å². The molecule has 11 aromatic rings. The quantitative estimate of drug-likeness (QED) is 0.165. The van der Waals surface area contributed by atoms with E-state index in [1.807, 2.05) is 18.5 Å². The highest BCUT2D eigenvalue weighted by Gasteiger charge is 2.58.